The van der Waals surface area contributed by atoms with Gasteiger partial charge in [0.25, 0.3) is 0 Å². The summed E-state index contributed by atoms with van der Waals surface area (Å²) in [4.78, 5) is 14.3. The van der Waals surface area contributed by atoms with E-state index in [2.05, 4.69) is 5.10 Å². The number of piperidine rings is 1. The van der Waals surface area contributed by atoms with Crippen molar-refractivity contribution >= 4 is 11.6 Å². The van der Waals surface area contributed by atoms with E-state index in [-0.39, 0.29) is 5.91 Å². The van der Waals surface area contributed by atoms with Gasteiger partial charge < -0.3 is 10.6 Å². The first-order valence-electron chi connectivity index (χ1n) is 7.28. The molecule has 1 aliphatic carbocycles. The van der Waals surface area contributed by atoms with E-state index in [9.17, 15) is 4.79 Å². The molecule has 0 spiro atoms. The van der Waals surface area contributed by atoms with Crippen LogP contribution in [-0.4, -0.2) is 33.7 Å². The van der Waals surface area contributed by atoms with Crippen molar-refractivity contribution in [2.75, 3.05) is 18.8 Å². The number of rotatable bonds is 2. The predicted octanol–water partition coefficient (Wildman–Crippen LogP) is 1.50. The number of nitrogen functional groups attached to an aromatic ring is 1. The van der Waals surface area contributed by atoms with Gasteiger partial charge in [-0.05, 0) is 24.7 Å². The molecule has 5 heteroatoms. The third-order valence-corrected chi connectivity index (χ3v) is 4.59. The Balaban J connectivity index is 1.58. The summed E-state index contributed by atoms with van der Waals surface area (Å²) in [5.74, 6) is 1.76. The second-order valence-corrected chi connectivity index (χ2v) is 5.90. The van der Waals surface area contributed by atoms with Gasteiger partial charge in [-0.25, -0.2) is 0 Å². The van der Waals surface area contributed by atoms with Gasteiger partial charge in [0, 0.05) is 19.3 Å². The van der Waals surface area contributed by atoms with E-state index in [1.165, 1.54) is 32.1 Å². The Kier molecular flexibility index (Phi) is 3.44. The zero-order valence-electron chi connectivity index (χ0n) is 11.3. The van der Waals surface area contributed by atoms with Gasteiger partial charge in [0.15, 0.2) is 0 Å². The summed E-state index contributed by atoms with van der Waals surface area (Å²) in [5, 5.41) is 4.08. The third-order valence-electron chi connectivity index (χ3n) is 4.59. The standard InChI is InChI=1S/C14H22N4O/c15-13-7-16-18(9-13)10-14(19)17-6-5-11-3-1-2-4-12(11)8-17/h7,9,11-12H,1-6,8,10,15H2. The zero-order valence-corrected chi connectivity index (χ0v) is 11.3. The Labute approximate surface area is 113 Å². The van der Waals surface area contributed by atoms with Crippen LogP contribution in [-0.2, 0) is 11.3 Å². The Bertz CT molecular complexity index is 456. The quantitative estimate of drug-likeness (QED) is 0.878. The van der Waals surface area contributed by atoms with Crippen molar-refractivity contribution in [2.24, 2.45) is 11.8 Å². The fourth-order valence-corrected chi connectivity index (χ4v) is 3.53. The number of amides is 1. The number of aromatic nitrogens is 2. The highest BCUT2D eigenvalue weighted by atomic mass is 16.2. The molecule has 104 valence electrons. The van der Waals surface area contributed by atoms with Crippen LogP contribution in [0, 0.1) is 11.8 Å². The van der Waals surface area contributed by atoms with Gasteiger partial charge in [-0.1, -0.05) is 19.3 Å². The maximum Gasteiger partial charge on any atom is 0.244 e. The van der Waals surface area contributed by atoms with Crippen LogP contribution in [0.4, 0.5) is 5.69 Å². The minimum atomic E-state index is 0.173. The fourth-order valence-electron chi connectivity index (χ4n) is 3.53. The van der Waals surface area contributed by atoms with Crippen molar-refractivity contribution in [1.29, 1.82) is 0 Å². The van der Waals surface area contributed by atoms with Crippen LogP contribution >= 0.6 is 0 Å². The molecule has 1 amide bonds. The average molecular weight is 262 g/mol. The van der Waals surface area contributed by atoms with Crippen LogP contribution in [0.5, 0.6) is 0 Å². The molecule has 1 aromatic rings. The van der Waals surface area contributed by atoms with E-state index in [1.54, 1.807) is 17.1 Å². The number of nitrogens with two attached hydrogens (primary N) is 1. The zero-order chi connectivity index (χ0) is 13.2. The molecule has 2 unspecified atom stereocenters. The molecule has 0 radical (unpaired) electrons. The molecule has 3 rings (SSSR count). The molecular weight excluding hydrogens is 240 g/mol. The van der Waals surface area contributed by atoms with Gasteiger partial charge in [-0.3, -0.25) is 9.48 Å². The topological polar surface area (TPSA) is 64.1 Å². The molecule has 2 fully saturated rings. The number of fused-ring (bicyclic) bond motifs is 1. The molecular formula is C14H22N4O. The first-order valence-corrected chi connectivity index (χ1v) is 7.28. The van der Waals surface area contributed by atoms with Gasteiger partial charge >= 0.3 is 0 Å². The van der Waals surface area contributed by atoms with Gasteiger partial charge in [-0.15, -0.1) is 0 Å². The Morgan fingerprint density at radius 1 is 1.32 bits per heavy atom. The second kappa shape index (κ2) is 5.23. The predicted molar refractivity (Wildman–Crippen MR) is 73.3 cm³/mol. The maximum absolute atomic E-state index is 12.3. The molecule has 5 nitrogen and oxygen atoms in total. The number of nitrogens with zero attached hydrogens (tertiary/aromatic N) is 3. The van der Waals surface area contributed by atoms with Gasteiger partial charge in [0.1, 0.15) is 6.54 Å². The molecule has 1 aliphatic heterocycles. The molecule has 2 heterocycles. The summed E-state index contributed by atoms with van der Waals surface area (Å²) in [5.41, 5.74) is 6.22. The number of carbonyl (C=O) groups is 1. The number of anilines is 1. The van der Waals surface area contributed by atoms with E-state index in [1.807, 2.05) is 4.90 Å². The highest BCUT2D eigenvalue weighted by Gasteiger charge is 2.32. The largest absolute Gasteiger partial charge is 0.396 e. The molecule has 1 aromatic heterocycles. The van der Waals surface area contributed by atoms with Crippen LogP contribution in [0.3, 0.4) is 0 Å². The lowest BCUT2D eigenvalue weighted by Crippen LogP contribution is -2.45. The average Bonchev–Trinajstić information content (AvgIpc) is 2.83. The Hall–Kier alpha value is -1.52. The first-order chi connectivity index (χ1) is 9.22. The first kappa shape index (κ1) is 12.5. The molecule has 19 heavy (non-hydrogen) atoms. The molecule has 0 bridgehead atoms. The summed E-state index contributed by atoms with van der Waals surface area (Å²) in [6, 6.07) is 0. The normalized spacial score (nSPS) is 27.1. The highest BCUT2D eigenvalue weighted by molar-refractivity contribution is 5.76. The number of likely N-dealkylation sites (tertiary alicyclic amines) is 1. The number of carbonyl (C=O) groups excluding carboxylic acids is 1. The SMILES string of the molecule is Nc1cnn(CC(=O)N2CCC3CCCCC3C2)c1. The van der Waals surface area contributed by atoms with Crippen molar-refractivity contribution in [2.45, 2.75) is 38.6 Å². The van der Waals surface area contributed by atoms with Crippen LogP contribution in [0.25, 0.3) is 0 Å². The lowest BCUT2D eigenvalue weighted by molar-refractivity contribution is -0.135. The highest BCUT2D eigenvalue weighted by Crippen LogP contribution is 2.36. The van der Waals surface area contributed by atoms with Crippen molar-refractivity contribution < 1.29 is 4.79 Å². The third kappa shape index (κ3) is 2.74. The summed E-state index contributed by atoms with van der Waals surface area (Å²) in [6.45, 7) is 2.17. The summed E-state index contributed by atoms with van der Waals surface area (Å²) < 4.78 is 1.63. The molecule has 2 aliphatic rings. The van der Waals surface area contributed by atoms with E-state index in [0.29, 0.717) is 12.2 Å². The second-order valence-electron chi connectivity index (χ2n) is 5.90. The fraction of sp³-hybridized carbons (Fsp3) is 0.714. The monoisotopic (exact) mass is 262 g/mol. The van der Waals surface area contributed by atoms with Crippen LogP contribution in [0.1, 0.15) is 32.1 Å². The summed E-state index contributed by atoms with van der Waals surface area (Å²) in [6.07, 6.45) is 9.84. The van der Waals surface area contributed by atoms with E-state index in [4.69, 9.17) is 5.73 Å². The minimum Gasteiger partial charge on any atom is -0.396 e. The molecule has 1 saturated carbocycles. The summed E-state index contributed by atoms with van der Waals surface area (Å²) in [7, 11) is 0. The number of hydrogen-bond donors (Lipinski definition) is 1. The maximum atomic E-state index is 12.3. The van der Waals surface area contributed by atoms with Crippen molar-refractivity contribution in [3.8, 4) is 0 Å². The van der Waals surface area contributed by atoms with Crippen molar-refractivity contribution in [3.05, 3.63) is 12.4 Å². The van der Waals surface area contributed by atoms with Crippen molar-refractivity contribution in [1.82, 2.24) is 14.7 Å². The Morgan fingerprint density at radius 2 is 2.11 bits per heavy atom. The Morgan fingerprint density at radius 3 is 2.84 bits per heavy atom. The number of hydrogen-bond acceptors (Lipinski definition) is 3. The molecule has 2 atom stereocenters. The van der Waals surface area contributed by atoms with E-state index < -0.39 is 0 Å². The van der Waals surface area contributed by atoms with E-state index in [0.717, 1.165) is 24.9 Å². The van der Waals surface area contributed by atoms with Crippen molar-refractivity contribution in [3.63, 3.8) is 0 Å². The van der Waals surface area contributed by atoms with Gasteiger partial charge in [0.05, 0.1) is 11.9 Å². The smallest absolute Gasteiger partial charge is 0.244 e. The van der Waals surface area contributed by atoms with Crippen LogP contribution in [0.2, 0.25) is 0 Å². The molecule has 1 saturated heterocycles. The van der Waals surface area contributed by atoms with E-state index >= 15 is 0 Å². The lowest BCUT2D eigenvalue weighted by Gasteiger charge is -2.41. The van der Waals surface area contributed by atoms with Gasteiger partial charge in [0.2, 0.25) is 5.91 Å². The minimum absolute atomic E-state index is 0.173. The molecule has 2 N–H and O–H groups in total. The van der Waals surface area contributed by atoms with Crippen LogP contribution < -0.4 is 5.73 Å². The lowest BCUT2D eigenvalue weighted by atomic mass is 9.75. The van der Waals surface area contributed by atoms with Gasteiger partial charge in [-0.2, -0.15) is 5.10 Å². The summed E-state index contributed by atoms with van der Waals surface area (Å²) >= 11 is 0. The molecule has 0 aromatic carbocycles. The van der Waals surface area contributed by atoms with Crippen LogP contribution in [0.15, 0.2) is 12.4 Å².